The summed E-state index contributed by atoms with van der Waals surface area (Å²) in [6, 6.07) is 8.30. The Morgan fingerprint density at radius 1 is 1.11 bits per heavy atom. The molecule has 0 aliphatic carbocycles. The van der Waals surface area contributed by atoms with E-state index in [-0.39, 0.29) is 11.2 Å². The Morgan fingerprint density at radius 2 is 1.96 bits per heavy atom. The lowest BCUT2D eigenvalue weighted by atomic mass is 9.86. The average molecular weight is 377 g/mol. The number of fused-ring (bicyclic) bond motifs is 2. The zero-order chi connectivity index (χ0) is 18.7. The molecule has 1 N–H and O–H groups in total. The molecule has 4 aromatic rings. The van der Waals surface area contributed by atoms with Gasteiger partial charge in [-0.05, 0) is 30.3 Å². The maximum atomic E-state index is 13.5. The van der Waals surface area contributed by atoms with Gasteiger partial charge >= 0.3 is 0 Å². The number of hydrogen-bond donors (Lipinski definition) is 1. The predicted molar refractivity (Wildman–Crippen MR) is 99.3 cm³/mol. The molecule has 0 amide bonds. The van der Waals surface area contributed by atoms with E-state index < -0.39 is 0 Å². The molecular weight excluding hydrogens is 361 g/mol. The monoisotopic (exact) mass is 377 g/mol. The minimum absolute atomic E-state index is 0.0143. The predicted octanol–water partition coefficient (Wildman–Crippen LogP) is 3.04. The fourth-order valence-corrected chi connectivity index (χ4v) is 3.97. The summed E-state index contributed by atoms with van der Waals surface area (Å²) in [5.41, 5.74) is 4.06. The van der Waals surface area contributed by atoms with Gasteiger partial charge in [-0.25, -0.2) is 14.1 Å². The minimum Gasteiger partial charge on any atom is -0.477 e. The van der Waals surface area contributed by atoms with Crippen molar-refractivity contribution in [3.63, 3.8) is 0 Å². The van der Waals surface area contributed by atoms with E-state index in [2.05, 4.69) is 15.2 Å². The van der Waals surface area contributed by atoms with Crippen molar-refractivity contribution >= 4 is 11.0 Å². The Morgan fingerprint density at radius 3 is 2.75 bits per heavy atom. The maximum Gasteiger partial charge on any atom is 0.220 e. The van der Waals surface area contributed by atoms with Crippen molar-refractivity contribution in [1.29, 1.82) is 0 Å². The number of benzene rings is 1. The second-order valence-corrected chi connectivity index (χ2v) is 7.47. The molecule has 0 atom stereocenters. The van der Waals surface area contributed by atoms with Crippen molar-refractivity contribution in [1.82, 2.24) is 25.0 Å². The molecule has 1 fully saturated rings. The molecule has 140 valence electrons. The van der Waals surface area contributed by atoms with E-state index in [1.54, 1.807) is 24.5 Å². The average Bonchev–Trinajstić information content (AvgIpc) is 3.31. The van der Waals surface area contributed by atoms with Gasteiger partial charge in [-0.3, -0.25) is 5.10 Å². The molecule has 2 aliphatic heterocycles. The van der Waals surface area contributed by atoms with Crippen LogP contribution >= 0.6 is 0 Å². The fraction of sp³-hybridized carbons (Fsp3) is 0.250. The Kier molecular flexibility index (Phi) is 3.16. The molecule has 0 radical (unpaired) electrons. The van der Waals surface area contributed by atoms with Crippen LogP contribution in [0.3, 0.4) is 0 Å². The van der Waals surface area contributed by atoms with Crippen molar-refractivity contribution in [3.8, 4) is 28.3 Å². The summed E-state index contributed by atoms with van der Waals surface area (Å²) in [6.07, 6.45) is 3.48. The molecule has 6 rings (SSSR count). The Hall–Kier alpha value is -3.26. The second kappa shape index (κ2) is 5.62. The molecule has 2 aliphatic rings. The van der Waals surface area contributed by atoms with Crippen LogP contribution in [-0.2, 0) is 11.3 Å². The number of ether oxygens (including phenoxy) is 2. The number of H-pyrrole nitrogens is 1. The quantitative estimate of drug-likeness (QED) is 0.581. The lowest BCUT2D eigenvalue weighted by Crippen LogP contribution is -2.52. The number of aromatic amines is 1. The van der Waals surface area contributed by atoms with Crippen molar-refractivity contribution in [2.24, 2.45) is 5.41 Å². The molecule has 0 unspecified atom stereocenters. The second-order valence-electron chi connectivity index (χ2n) is 7.47. The van der Waals surface area contributed by atoms with E-state index >= 15 is 0 Å². The minimum atomic E-state index is -0.280. The van der Waals surface area contributed by atoms with E-state index in [0.717, 1.165) is 34.3 Å². The molecule has 1 spiro atoms. The number of hydrogen-bond acceptors (Lipinski definition) is 5. The zero-order valence-corrected chi connectivity index (χ0v) is 14.9. The van der Waals surface area contributed by atoms with Crippen molar-refractivity contribution < 1.29 is 13.9 Å². The smallest absolute Gasteiger partial charge is 0.220 e. The molecule has 0 bridgehead atoms. The van der Waals surface area contributed by atoms with Crippen LogP contribution in [0, 0.1) is 11.2 Å². The van der Waals surface area contributed by atoms with Gasteiger partial charge in [0.05, 0.1) is 36.9 Å². The van der Waals surface area contributed by atoms with Gasteiger partial charge in [0.15, 0.2) is 5.65 Å². The summed E-state index contributed by atoms with van der Waals surface area (Å²) >= 11 is 0. The van der Waals surface area contributed by atoms with Crippen LogP contribution in [-0.4, -0.2) is 44.8 Å². The summed E-state index contributed by atoms with van der Waals surface area (Å²) in [5, 5.41) is 12.8. The Labute approximate surface area is 159 Å². The number of halogens is 1. The highest BCUT2D eigenvalue weighted by Gasteiger charge is 2.45. The largest absolute Gasteiger partial charge is 0.477 e. The number of rotatable bonds is 2. The number of nitrogens with zero attached hydrogens (tertiary/aromatic N) is 4. The van der Waals surface area contributed by atoms with Gasteiger partial charge in [0.2, 0.25) is 5.88 Å². The third kappa shape index (κ3) is 2.21. The lowest BCUT2D eigenvalue weighted by molar-refractivity contribution is -0.153. The molecule has 28 heavy (non-hydrogen) atoms. The van der Waals surface area contributed by atoms with Crippen LogP contribution in [0.5, 0.6) is 5.88 Å². The van der Waals surface area contributed by atoms with Crippen LogP contribution in [0.25, 0.3) is 33.4 Å². The molecule has 8 heteroatoms. The first kappa shape index (κ1) is 15.8. The van der Waals surface area contributed by atoms with E-state index in [1.807, 2.05) is 10.7 Å². The molecule has 0 saturated carbocycles. The first-order chi connectivity index (χ1) is 13.7. The van der Waals surface area contributed by atoms with E-state index in [9.17, 15) is 4.39 Å². The summed E-state index contributed by atoms with van der Waals surface area (Å²) in [6.45, 7) is 2.67. The van der Waals surface area contributed by atoms with Crippen LogP contribution in [0.2, 0.25) is 0 Å². The molecular formula is C20H16FN5O2. The van der Waals surface area contributed by atoms with Gasteiger partial charge in [0.1, 0.15) is 18.1 Å². The van der Waals surface area contributed by atoms with Crippen molar-refractivity contribution in [3.05, 3.63) is 48.5 Å². The van der Waals surface area contributed by atoms with Gasteiger partial charge in [-0.15, -0.1) is 0 Å². The summed E-state index contributed by atoms with van der Waals surface area (Å²) in [5.74, 6) is 0.433. The highest BCUT2D eigenvalue weighted by atomic mass is 19.1. The van der Waals surface area contributed by atoms with Crippen LogP contribution in [0.15, 0.2) is 42.7 Å². The van der Waals surface area contributed by atoms with E-state index in [0.29, 0.717) is 31.3 Å². The summed E-state index contributed by atoms with van der Waals surface area (Å²) in [7, 11) is 0. The molecule has 3 aromatic heterocycles. The summed E-state index contributed by atoms with van der Waals surface area (Å²) < 4.78 is 27.0. The van der Waals surface area contributed by atoms with Crippen LogP contribution in [0.4, 0.5) is 4.39 Å². The van der Waals surface area contributed by atoms with Crippen molar-refractivity contribution in [2.45, 2.75) is 6.54 Å². The lowest BCUT2D eigenvalue weighted by Gasteiger charge is -2.43. The first-order valence-corrected chi connectivity index (χ1v) is 9.08. The highest BCUT2D eigenvalue weighted by molar-refractivity contribution is 5.98. The number of aromatic nitrogens is 5. The van der Waals surface area contributed by atoms with Gasteiger partial charge in [-0.2, -0.15) is 10.2 Å². The topological polar surface area (TPSA) is 77.9 Å². The van der Waals surface area contributed by atoms with Crippen LogP contribution < -0.4 is 4.74 Å². The van der Waals surface area contributed by atoms with Gasteiger partial charge in [0, 0.05) is 22.7 Å². The number of nitrogens with one attached hydrogen (secondary N) is 1. The highest BCUT2D eigenvalue weighted by Crippen LogP contribution is 2.46. The van der Waals surface area contributed by atoms with Crippen molar-refractivity contribution in [2.75, 3.05) is 19.8 Å². The SMILES string of the molecule is Fc1ccc(-c2nn3c(c2-c2ccnc4[nH]ncc24)OCC2(COC2)C3)cc1. The Bertz CT molecular complexity index is 1190. The maximum absolute atomic E-state index is 13.5. The summed E-state index contributed by atoms with van der Waals surface area (Å²) in [4.78, 5) is 4.33. The van der Waals surface area contributed by atoms with Gasteiger partial charge in [-0.1, -0.05) is 0 Å². The first-order valence-electron chi connectivity index (χ1n) is 9.08. The van der Waals surface area contributed by atoms with Gasteiger partial charge < -0.3 is 9.47 Å². The molecule has 7 nitrogen and oxygen atoms in total. The van der Waals surface area contributed by atoms with E-state index in [4.69, 9.17) is 14.6 Å². The molecule has 5 heterocycles. The third-order valence-corrected chi connectivity index (χ3v) is 5.46. The number of pyridine rings is 1. The van der Waals surface area contributed by atoms with Crippen LogP contribution in [0.1, 0.15) is 0 Å². The zero-order valence-electron chi connectivity index (χ0n) is 14.9. The molecule has 1 aromatic carbocycles. The normalized spacial score (nSPS) is 17.3. The van der Waals surface area contributed by atoms with E-state index in [1.165, 1.54) is 12.1 Å². The Balaban J connectivity index is 1.60. The van der Waals surface area contributed by atoms with Gasteiger partial charge in [0.25, 0.3) is 0 Å². The molecule has 1 saturated heterocycles. The fourth-order valence-electron chi connectivity index (χ4n) is 3.97. The standard InChI is InChI=1S/C20H16FN5O2/c21-13-3-1-12(2-4-13)17-16(14-5-6-22-18-15(14)7-23-24-18)19-26(25-17)8-20(11-28-19)9-27-10-20/h1-7H,8-11H2,(H,22,23,24). The third-order valence-electron chi connectivity index (χ3n) is 5.46.